The minimum Gasteiger partial charge on any atom is -0.382 e. The molecule has 0 spiro atoms. The first-order valence-electron chi connectivity index (χ1n) is 7.26. The fourth-order valence-corrected chi connectivity index (χ4v) is 1.46. The predicted molar refractivity (Wildman–Crippen MR) is 84.4 cm³/mol. The zero-order valence-electron chi connectivity index (χ0n) is 13.7. The van der Waals surface area contributed by atoms with E-state index in [-0.39, 0.29) is 5.54 Å². The second-order valence-electron chi connectivity index (χ2n) is 5.56. The zero-order valence-corrected chi connectivity index (χ0v) is 13.7. The lowest BCUT2D eigenvalue weighted by Gasteiger charge is -2.21. The molecule has 20 heavy (non-hydrogen) atoms. The van der Waals surface area contributed by atoms with E-state index in [0.717, 1.165) is 38.6 Å². The minimum atomic E-state index is 0.151. The highest BCUT2D eigenvalue weighted by atomic mass is 16.5. The highest BCUT2D eigenvalue weighted by Gasteiger charge is 2.07. The Balaban J connectivity index is 3.49. The molecule has 0 aromatic rings. The van der Waals surface area contributed by atoms with Gasteiger partial charge in [0, 0.05) is 45.9 Å². The predicted octanol–water partition coefficient (Wildman–Crippen LogP) is 0.593. The van der Waals surface area contributed by atoms with Gasteiger partial charge in [-0.1, -0.05) is 0 Å². The zero-order chi connectivity index (χ0) is 15.3. The second kappa shape index (κ2) is 11.9. The van der Waals surface area contributed by atoms with Crippen molar-refractivity contribution >= 4 is 5.96 Å². The number of nitrogens with one attached hydrogen (secondary N) is 3. The van der Waals surface area contributed by atoms with E-state index >= 15 is 0 Å². The summed E-state index contributed by atoms with van der Waals surface area (Å²) in [6.45, 7) is 11.1. The molecule has 0 aliphatic heterocycles. The summed E-state index contributed by atoms with van der Waals surface area (Å²) in [6, 6.07) is 0. The SMILES string of the molecule is CN=C(NCCCOCCOC)NCCNC(C)(C)C. The molecule has 0 aliphatic carbocycles. The summed E-state index contributed by atoms with van der Waals surface area (Å²) in [5.41, 5.74) is 0.151. The molecule has 6 nitrogen and oxygen atoms in total. The molecule has 0 aromatic heterocycles. The molecule has 0 saturated carbocycles. The number of ether oxygens (including phenoxy) is 2. The van der Waals surface area contributed by atoms with Crippen LogP contribution in [-0.2, 0) is 9.47 Å². The van der Waals surface area contributed by atoms with Crippen LogP contribution in [0.4, 0.5) is 0 Å². The Kier molecular flexibility index (Phi) is 11.4. The Hall–Kier alpha value is -0.850. The van der Waals surface area contributed by atoms with Crippen LogP contribution in [0.25, 0.3) is 0 Å². The van der Waals surface area contributed by atoms with Crippen molar-refractivity contribution in [1.82, 2.24) is 16.0 Å². The molecule has 0 atom stereocenters. The Morgan fingerprint density at radius 2 is 1.70 bits per heavy atom. The van der Waals surface area contributed by atoms with E-state index in [4.69, 9.17) is 9.47 Å². The number of aliphatic imine (C=N–C) groups is 1. The number of hydrogen-bond acceptors (Lipinski definition) is 4. The van der Waals surface area contributed by atoms with Crippen LogP contribution >= 0.6 is 0 Å². The fourth-order valence-electron chi connectivity index (χ4n) is 1.46. The molecular weight excluding hydrogens is 256 g/mol. The molecule has 0 aromatic carbocycles. The van der Waals surface area contributed by atoms with E-state index in [1.54, 1.807) is 14.2 Å². The number of rotatable bonds is 10. The molecule has 0 heterocycles. The fraction of sp³-hybridized carbons (Fsp3) is 0.929. The summed E-state index contributed by atoms with van der Waals surface area (Å²) in [5.74, 6) is 0.831. The third kappa shape index (κ3) is 13.6. The Labute approximate surface area is 123 Å². The maximum absolute atomic E-state index is 5.39. The lowest BCUT2D eigenvalue weighted by molar-refractivity contribution is 0.0698. The molecule has 0 saturated heterocycles. The first kappa shape index (κ1) is 19.1. The number of methoxy groups -OCH3 is 1. The van der Waals surface area contributed by atoms with Crippen LogP contribution in [0.15, 0.2) is 4.99 Å². The van der Waals surface area contributed by atoms with Gasteiger partial charge in [0.05, 0.1) is 13.2 Å². The van der Waals surface area contributed by atoms with Crippen molar-refractivity contribution in [2.24, 2.45) is 4.99 Å². The smallest absolute Gasteiger partial charge is 0.191 e. The third-order valence-corrected chi connectivity index (χ3v) is 2.49. The Bertz CT molecular complexity index is 252. The summed E-state index contributed by atoms with van der Waals surface area (Å²) in [5, 5.41) is 9.95. The van der Waals surface area contributed by atoms with E-state index in [2.05, 4.69) is 41.7 Å². The maximum atomic E-state index is 5.39. The summed E-state index contributed by atoms with van der Waals surface area (Å²) in [6.07, 6.45) is 0.949. The highest BCUT2D eigenvalue weighted by molar-refractivity contribution is 5.79. The van der Waals surface area contributed by atoms with Gasteiger partial charge in [0.1, 0.15) is 0 Å². The Morgan fingerprint density at radius 3 is 2.30 bits per heavy atom. The number of guanidine groups is 1. The summed E-state index contributed by atoms with van der Waals surface area (Å²) >= 11 is 0. The molecule has 3 N–H and O–H groups in total. The topological polar surface area (TPSA) is 66.9 Å². The van der Waals surface area contributed by atoms with Crippen molar-refractivity contribution in [2.75, 3.05) is 53.6 Å². The maximum Gasteiger partial charge on any atom is 0.191 e. The van der Waals surface area contributed by atoms with Crippen molar-refractivity contribution in [2.45, 2.75) is 32.7 Å². The normalized spacial score (nSPS) is 12.6. The second-order valence-corrected chi connectivity index (χ2v) is 5.56. The van der Waals surface area contributed by atoms with Gasteiger partial charge in [0.2, 0.25) is 0 Å². The minimum absolute atomic E-state index is 0.151. The van der Waals surface area contributed by atoms with E-state index in [1.807, 2.05) is 0 Å². The Morgan fingerprint density at radius 1 is 1.00 bits per heavy atom. The average molecular weight is 288 g/mol. The molecule has 0 bridgehead atoms. The summed E-state index contributed by atoms with van der Waals surface area (Å²) < 4.78 is 10.3. The van der Waals surface area contributed by atoms with E-state index in [1.165, 1.54) is 0 Å². The third-order valence-electron chi connectivity index (χ3n) is 2.49. The molecule has 0 amide bonds. The monoisotopic (exact) mass is 288 g/mol. The lowest BCUT2D eigenvalue weighted by atomic mass is 10.1. The lowest BCUT2D eigenvalue weighted by Crippen LogP contribution is -2.44. The molecule has 6 heteroatoms. The van der Waals surface area contributed by atoms with Gasteiger partial charge in [-0.3, -0.25) is 4.99 Å². The van der Waals surface area contributed by atoms with Gasteiger partial charge >= 0.3 is 0 Å². The molecular formula is C14H32N4O2. The molecule has 0 rings (SSSR count). The molecule has 0 radical (unpaired) electrons. The van der Waals surface area contributed by atoms with Gasteiger partial charge in [0.15, 0.2) is 5.96 Å². The van der Waals surface area contributed by atoms with Crippen molar-refractivity contribution in [3.8, 4) is 0 Å². The van der Waals surface area contributed by atoms with Crippen molar-refractivity contribution < 1.29 is 9.47 Å². The molecule has 0 unspecified atom stereocenters. The van der Waals surface area contributed by atoms with Gasteiger partial charge in [-0.2, -0.15) is 0 Å². The first-order valence-corrected chi connectivity index (χ1v) is 7.26. The largest absolute Gasteiger partial charge is 0.382 e. The van der Waals surface area contributed by atoms with Crippen molar-refractivity contribution in [3.05, 3.63) is 0 Å². The van der Waals surface area contributed by atoms with Crippen LogP contribution in [0.2, 0.25) is 0 Å². The van der Waals surface area contributed by atoms with Crippen LogP contribution < -0.4 is 16.0 Å². The van der Waals surface area contributed by atoms with E-state index < -0.39 is 0 Å². The summed E-state index contributed by atoms with van der Waals surface area (Å²) in [7, 11) is 3.46. The van der Waals surface area contributed by atoms with Crippen molar-refractivity contribution in [3.63, 3.8) is 0 Å². The van der Waals surface area contributed by atoms with Crippen LogP contribution in [0, 0.1) is 0 Å². The van der Waals surface area contributed by atoms with Crippen LogP contribution in [0.1, 0.15) is 27.2 Å². The van der Waals surface area contributed by atoms with E-state index in [9.17, 15) is 0 Å². The van der Waals surface area contributed by atoms with Crippen LogP contribution in [0.5, 0.6) is 0 Å². The first-order chi connectivity index (χ1) is 9.49. The van der Waals surface area contributed by atoms with Crippen LogP contribution in [0.3, 0.4) is 0 Å². The van der Waals surface area contributed by atoms with Gasteiger partial charge < -0.3 is 25.4 Å². The molecule has 120 valence electrons. The highest BCUT2D eigenvalue weighted by Crippen LogP contribution is 1.96. The number of hydrogen-bond donors (Lipinski definition) is 3. The molecule has 0 aliphatic rings. The van der Waals surface area contributed by atoms with Gasteiger partial charge in [-0.15, -0.1) is 0 Å². The van der Waals surface area contributed by atoms with Crippen molar-refractivity contribution in [1.29, 1.82) is 0 Å². The summed E-state index contributed by atoms with van der Waals surface area (Å²) in [4.78, 5) is 4.18. The van der Waals surface area contributed by atoms with Gasteiger partial charge in [-0.05, 0) is 27.2 Å². The van der Waals surface area contributed by atoms with Gasteiger partial charge in [-0.25, -0.2) is 0 Å². The average Bonchev–Trinajstić information content (AvgIpc) is 2.39. The van der Waals surface area contributed by atoms with Crippen LogP contribution in [-0.4, -0.2) is 65.1 Å². The van der Waals surface area contributed by atoms with E-state index in [0.29, 0.717) is 13.2 Å². The number of nitrogens with zero attached hydrogens (tertiary/aromatic N) is 1. The van der Waals surface area contributed by atoms with Gasteiger partial charge in [0.25, 0.3) is 0 Å². The quantitative estimate of drug-likeness (QED) is 0.312. The standard InChI is InChI=1S/C14H32N4O2/c1-14(2,3)18-9-8-17-13(15-4)16-7-6-10-20-12-11-19-5/h18H,6-12H2,1-5H3,(H2,15,16,17). The molecule has 0 fully saturated rings.